The lowest BCUT2D eigenvalue weighted by molar-refractivity contribution is -0.118. The van der Waals surface area contributed by atoms with E-state index in [1.807, 2.05) is 6.07 Å². The van der Waals surface area contributed by atoms with Crippen LogP contribution in [0.3, 0.4) is 0 Å². The zero-order valence-corrected chi connectivity index (χ0v) is 14.6. The summed E-state index contributed by atoms with van der Waals surface area (Å²) in [5, 5.41) is 2.70. The van der Waals surface area contributed by atoms with Crippen molar-refractivity contribution in [3.8, 4) is 0 Å². The molecular formula is C15H14ClNO4S2. The van der Waals surface area contributed by atoms with Crippen molar-refractivity contribution in [1.82, 2.24) is 5.32 Å². The first-order chi connectivity index (χ1) is 11.0. The maximum atomic E-state index is 12.0. The van der Waals surface area contributed by atoms with Crippen molar-refractivity contribution in [2.75, 3.05) is 13.2 Å². The molecule has 23 heavy (non-hydrogen) atoms. The normalized spacial score (nSPS) is 10.3. The van der Waals surface area contributed by atoms with Crippen LogP contribution in [-0.2, 0) is 16.0 Å². The Labute approximate surface area is 146 Å². The van der Waals surface area contributed by atoms with E-state index >= 15 is 0 Å². The molecule has 0 aliphatic carbocycles. The fourth-order valence-corrected chi connectivity index (χ4v) is 3.59. The molecule has 2 rings (SSSR count). The van der Waals surface area contributed by atoms with Gasteiger partial charge in [0.15, 0.2) is 6.61 Å². The number of rotatable bonds is 7. The lowest BCUT2D eigenvalue weighted by Gasteiger charge is -2.01. The van der Waals surface area contributed by atoms with E-state index in [1.54, 1.807) is 18.2 Å². The van der Waals surface area contributed by atoms with E-state index in [0.29, 0.717) is 27.1 Å². The van der Waals surface area contributed by atoms with Crippen molar-refractivity contribution >= 4 is 51.9 Å². The Morgan fingerprint density at radius 2 is 1.87 bits per heavy atom. The first-order valence-electron chi connectivity index (χ1n) is 6.74. The Morgan fingerprint density at radius 3 is 2.52 bits per heavy atom. The Balaban J connectivity index is 1.82. The number of halogens is 1. The van der Waals surface area contributed by atoms with E-state index in [9.17, 15) is 14.4 Å². The van der Waals surface area contributed by atoms with E-state index in [2.05, 4.69) is 5.32 Å². The van der Waals surface area contributed by atoms with Crippen LogP contribution in [0.15, 0.2) is 24.3 Å². The molecule has 5 nitrogen and oxygen atoms in total. The van der Waals surface area contributed by atoms with Crippen LogP contribution in [0.25, 0.3) is 0 Å². The summed E-state index contributed by atoms with van der Waals surface area (Å²) in [6.45, 7) is 1.68. The third kappa shape index (κ3) is 5.46. The highest BCUT2D eigenvalue weighted by atomic mass is 35.5. The van der Waals surface area contributed by atoms with Crippen LogP contribution in [0.2, 0.25) is 4.34 Å². The molecule has 0 saturated carbocycles. The summed E-state index contributed by atoms with van der Waals surface area (Å²) in [7, 11) is 0. The molecule has 8 heteroatoms. The maximum absolute atomic E-state index is 12.0. The quantitative estimate of drug-likeness (QED) is 0.599. The molecule has 2 aromatic rings. The van der Waals surface area contributed by atoms with Crippen molar-refractivity contribution in [3.05, 3.63) is 43.2 Å². The Kier molecular flexibility index (Phi) is 6.32. The second-order valence-electron chi connectivity index (χ2n) is 4.60. The fraction of sp³-hybridized carbons (Fsp3) is 0.267. The highest BCUT2D eigenvalue weighted by Crippen LogP contribution is 2.22. The number of thiophene rings is 2. The number of carbonyl (C=O) groups excluding carboxylic acids is 3. The minimum absolute atomic E-state index is 0.0848. The van der Waals surface area contributed by atoms with Gasteiger partial charge >= 0.3 is 5.97 Å². The summed E-state index contributed by atoms with van der Waals surface area (Å²) in [5.41, 5.74) is 0. The van der Waals surface area contributed by atoms with Crippen LogP contribution in [0.5, 0.6) is 0 Å². The van der Waals surface area contributed by atoms with Gasteiger partial charge in [-0.15, -0.1) is 22.7 Å². The molecule has 0 spiro atoms. The van der Waals surface area contributed by atoms with E-state index in [4.69, 9.17) is 16.3 Å². The van der Waals surface area contributed by atoms with Gasteiger partial charge in [-0.25, -0.2) is 4.79 Å². The third-order valence-electron chi connectivity index (χ3n) is 2.79. The van der Waals surface area contributed by atoms with Crippen LogP contribution < -0.4 is 5.32 Å². The summed E-state index contributed by atoms with van der Waals surface area (Å²) in [5.74, 6) is -0.895. The van der Waals surface area contributed by atoms with E-state index in [1.165, 1.54) is 18.3 Å². The summed E-state index contributed by atoms with van der Waals surface area (Å²) in [6, 6.07) is 6.70. The molecule has 0 unspecified atom stereocenters. The topological polar surface area (TPSA) is 72.5 Å². The van der Waals surface area contributed by atoms with Gasteiger partial charge in [-0.2, -0.15) is 0 Å². The van der Waals surface area contributed by atoms with Crippen LogP contribution in [0.4, 0.5) is 0 Å². The van der Waals surface area contributed by atoms with Crippen LogP contribution in [0.1, 0.15) is 31.1 Å². The number of ether oxygens (including phenoxy) is 1. The van der Waals surface area contributed by atoms with Crippen molar-refractivity contribution in [3.63, 3.8) is 0 Å². The van der Waals surface area contributed by atoms with E-state index in [-0.39, 0.29) is 18.3 Å². The number of ketones is 1. The summed E-state index contributed by atoms with van der Waals surface area (Å²) >= 11 is 8.19. The lowest BCUT2D eigenvalue weighted by Crippen LogP contribution is -2.22. The first-order valence-corrected chi connectivity index (χ1v) is 8.75. The Morgan fingerprint density at radius 1 is 1.13 bits per heavy atom. The molecule has 0 atom stereocenters. The molecule has 1 N–H and O–H groups in total. The van der Waals surface area contributed by atoms with Crippen LogP contribution >= 0.6 is 34.3 Å². The minimum Gasteiger partial charge on any atom is -0.453 e. The molecule has 2 heterocycles. The minimum atomic E-state index is -0.558. The highest BCUT2D eigenvalue weighted by molar-refractivity contribution is 7.17. The van der Waals surface area contributed by atoms with Gasteiger partial charge in [0.05, 0.1) is 9.21 Å². The molecule has 0 radical (unpaired) electrons. The van der Waals surface area contributed by atoms with Crippen molar-refractivity contribution in [2.24, 2.45) is 0 Å². The largest absolute Gasteiger partial charge is 0.453 e. The number of carbonyl (C=O) groups is 3. The zero-order chi connectivity index (χ0) is 16.8. The third-order valence-corrected chi connectivity index (χ3v) is 5.19. The van der Waals surface area contributed by atoms with Gasteiger partial charge in [-0.1, -0.05) is 11.6 Å². The van der Waals surface area contributed by atoms with Crippen molar-refractivity contribution < 1.29 is 19.1 Å². The average molecular weight is 372 g/mol. The van der Waals surface area contributed by atoms with Gasteiger partial charge in [-0.3, -0.25) is 9.59 Å². The molecule has 0 aliphatic heterocycles. The molecule has 0 bridgehead atoms. The van der Waals surface area contributed by atoms with Crippen molar-refractivity contribution in [1.29, 1.82) is 0 Å². The van der Waals surface area contributed by atoms with Gasteiger partial charge in [0.25, 0.3) is 0 Å². The number of hydrogen-bond donors (Lipinski definition) is 1. The smallest absolute Gasteiger partial charge is 0.348 e. The Hall–Kier alpha value is -1.70. The van der Waals surface area contributed by atoms with Gasteiger partial charge in [0.1, 0.15) is 4.88 Å². The molecule has 122 valence electrons. The van der Waals surface area contributed by atoms with Crippen molar-refractivity contribution in [2.45, 2.75) is 13.3 Å². The Bertz CT molecular complexity index is 723. The second-order valence-corrected chi connectivity index (χ2v) is 7.49. The number of amides is 1. The van der Waals surface area contributed by atoms with Gasteiger partial charge in [0, 0.05) is 18.3 Å². The number of nitrogens with one attached hydrogen (secondary N) is 1. The fourth-order valence-electron chi connectivity index (χ4n) is 1.72. The second kappa shape index (κ2) is 8.24. The molecule has 0 saturated heterocycles. The first kappa shape index (κ1) is 17.7. The van der Waals surface area contributed by atoms with Crippen LogP contribution in [0, 0.1) is 0 Å². The predicted molar refractivity (Wildman–Crippen MR) is 90.6 cm³/mol. The van der Waals surface area contributed by atoms with Gasteiger partial charge in [-0.05, 0) is 30.7 Å². The zero-order valence-electron chi connectivity index (χ0n) is 12.3. The molecule has 0 fully saturated rings. The number of hydrogen-bond acceptors (Lipinski definition) is 6. The highest BCUT2D eigenvalue weighted by Gasteiger charge is 2.15. The monoisotopic (exact) mass is 371 g/mol. The molecule has 0 aromatic carbocycles. The van der Waals surface area contributed by atoms with E-state index in [0.717, 1.165) is 16.2 Å². The molecule has 1 amide bonds. The SMILES string of the molecule is CC(=O)NCCc1ccc(C(=O)COC(=O)c2ccc(Cl)s2)s1. The average Bonchev–Trinajstić information content (AvgIpc) is 3.13. The van der Waals surface area contributed by atoms with Gasteiger partial charge in [0.2, 0.25) is 11.7 Å². The van der Waals surface area contributed by atoms with Crippen LogP contribution in [-0.4, -0.2) is 30.8 Å². The number of Topliss-reactive ketones (excluding diaryl/α,β-unsaturated/α-hetero) is 1. The summed E-state index contributed by atoms with van der Waals surface area (Å²) in [4.78, 5) is 36.4. The molecular weight excluding hydrogens is 358 g/mol. The summed E-state index contributed by atoms with van der Waals surface area (Å²) < 4.78 is 5.48. The van der Waals surface area contributed by atoms with E-state index < -0.39 is 5.97 Å². The molecule has 0 aliphatic rings. The predicted octanol–water partition coefficient (Wildman–Crippen LogP) is 3.18. The van der Waals surface area contributed by atoms with Gasteiger partial charge < -0.3 is 10.1 Å². The lowest BCUT2D eigenvalue weighted by atomic mass is 10.3. The molecule has 2 aromatic heterocycles. The standard InChI is InChI=1S/C15H14ClNO4S2/c1-9(18)17-7-6-10-2-3-12(22-10)11(19)8-21-15(20)13-4-5-14(16)23-13/h2-5H,6-8H2,1H3,(H,17,18). The maximum Gasteiger partial charge on any atom is 0.348 e. The summed E-state index contributed by atoms with van der Waals surface area (Å²) in [6.07, 6.45) is 0.658. The number of esters is 1.